The van der Waals surface area contributed by atoms with Gasteiger partial charge in [-0.15, -0.1) is 0 Å². The molecule has 0 aliphatic heterocycles. The van der Waals surface area contributed by atoms with Gasteiger partial charge in [-0.2, -0.15) is 24.5 Å². The highest BCUT2D eigenvalue weighted by Gasteiger charge is 2.29. The van der Waals surface area contributed by atoms with Crippen LogP contribution in [-0.2, 0) is 6.18 Å². The Morgan fingerprint density at radius 2 is 1.53 bits per heavy atom. The minimum Gasteiger partial charge on any atom is -0.166 e. The third kappa shape index (κ3) is 2.21. The molecule has 0 radical (unpaired) electrons. The van der Waals surface area contributed by atoms with Crippen molar-refractivity contribution in [1.29, 1.82) is 0 Å². The zero-order valence-corrected chi connectivity index (χ0v) is 8.40. The molecule has 1 heterocycles. The van der Waals surface area contributed by atoms with Gasteiger partial charge in [0.25, 0.3) is 0 Å². The first-order valence-corrected chi connectivity index (χ1v) is 5.21. The van der Waals surface area contributed by atoms with E-state index in [1.54, 1.807) is 0 Å². The van der Waals surface area contributed by atoms with Crippen molar-refractivity contribution in [2.24, 2.45) is 0 Å². The molecule has 0 fully saturated rings. The second-order valence-electron chi connectivity index (χ2n) is 3.09. The fraction of sp³-hybridized carbons (Fsp3) is 0.0909. The molecule has 15 heavy (non-hydrogen) atoms. The number of benzene rings is 1. The van der Waals surface area contributed by atoms with Crippen molar-refractivity contribution in [2.75, 3.05) is 0 Å². The molecule has 0 nitrogen and oxygen atoms in total. The summed E-state index contributed by atoms with van der Waals surface area (Å²) in [7, 11) is 0. The van der Waals surface area contributed by atoms with Crippen LogP contribution in [-0.4, -0.2) is 0 Å². The van der Waals surface area contributed by atoms with Gasteiger partial charge < -0.3 is 0 Å². The van der Waals surface area contributed by atoms with Gasteiger partial charge in [-0.1, -0.05) is 12.1 Å². The molecule has 2 aromatic rings. The van der Waals surface area contributed by atoms with E-state index in [4.69, 9.17) is 0 Å². The average molecular weight is 228 g/mol. The van der Waals surface area contributed by atoms with Crippen molar-refractivity contribution in [1.82, 2.24) is 0 Å². The Bertz CT molecular complexity index is 426. The molecule has 0 atom stereocenters. The lowest BCUT2D eigenvalue weighted by Gasteiger charge is -2.06. The van der Waals surface area contributed by atoms with Crippen LogP contribution < -0.4 is 0 Å². The van der Waals surface area contributed by atoms with Gasteiger partial charge in [0.15, 0.2) is 0 Å². The van der Waals surface area contributed by atoms with E-state index < -0.39 is 11.7 Å². The van der Waals surface area contributed by atoms with Crippen molar-refractivity contribution in [3.05, 3.63) is 46.7 Å². The summed E-state index contributed by atoms with van der Waals surface area (Å²) in [5, 5.41) is 3.80. The van der Waals surface area contributed by atoms with Crippen molar-refractivity contribution in [3.63, 3.8) is 0 Å². The summed E-state index contributed by atoms with van der Waals surface area (Å²) < 4.78 is 36.8. The molecule has 0 amide bonds. The van der Waals surface area contributed by atoms with Crippen molar-refractivity contribution in [3.8, 4) is 11.1 Å². The van der Waals surface area contributed by atoms with Gasteiger partial charge >= 0.3 is 6.18 Å². The molecule has 0 unspecified atom stereocenters. The first kappa shape index (κ1) is 10.2. The molecule has 0 saturated heterocycles. The summed E-state index contributed by atoms with van der Waals surface area (Å²) in [5.74, 6) is 0. The van der Waals surface area contributed by atoms with E-state index in [0.29, 0.717) is 0 Å². The minimum absolute atomic E-state index is 0.610. The molecule has 2 rings (SSSR count). The SMILES string of the molecule is FC(F)(F)c1ccc(-c2ccsc2)cc1. The summed E-state index contributed by atoms with van der Waals surface area (Å²) in [6, 6.07) is 7.07. The lowest BCUT2D eigenvalue weighted by atomic mass is 10.1. The average Bonchev–Trinajstić information content (AvgIpc) is 2.69. The van der Waals surface area contributed by atoms with E-state index in [0.717, 1.165) is 23.3 Å². The Balaban J connectivity index is 2.33. The molecular weight excluding hydrogens is 221 g/mol. The van der Waals surface area contributed by atoms with Gasteiger partial charge in [0.1, 0.15) is 0 Å². The van der Waals surface area contributed by atoms with Gasteiger partial charge in [0, 0.05) is 0 Å². The van der Waals surface area contributed by atoms with E-state index >= 15 is 0 Å². The fourth-order valence-corrected chi connectivity index (χ4v) is 1.95. The minimum atomic E-state index is -4.26. The largest absolute Gasteiger partial charge is 0.416 e. The summed E-state index contributed by atoms with van der Waals surface area (Å²) in [6.45, 7) is 0. The maximum atomic E-state index is 12.3. The molecule has 0 spiro atoms. The van der Waals surface area contributed by atoms with Crippen LogP contribution in [0.3, 0.4) is 0 Å². The monoisotopic (exact) mass is 228 g/mol. The maximum absolute atomic E-state index is 12.3. The first-order chi connectivity index (χ1) is 7.07. The number of halogens is 3. The van der Waals surface area contributed by atoms with Crippen molar-refractivity contribution < 1.29 is 13.2 Å². The summed E-state index contributed by atoms with van der Waals surface area (Å²) in [4.78, 5) is 0. The highest BCUT2D eigenvalue weighted by atomic mass is 32.1. The molecule has 0 bridgehead atoms. The predicted molar refractivity (Wildman–Crippen MR) is 54.8 cm³/mol. The normalized spacial score (nSPS) is 11.7. The lowest BCUT2D eigenvalue weighted by Crippen LogP contribution is -2.03. The van der Waals surface area contributed by atoms with E-state index in [-0.39, 0.29) is 0 Å². The zero-order valence-electron chi connectivity index (χ0n) is 7.58. The van der Waals surface area contributed by atoms with Crippen LogP contribution >= 0.6 is 11.3 Å². The van der Waals surface area contributed by atoms with Gasteiger partial charge in [-0.25, -0.2) is 0 Å². The van der Waals surface area contributed by atoms with Gasteiger partial charge in [0.2, 0.25) is 0 Å². The van der Waals surface area contributed by atoms with Gasteiger partial charge in [0.05, 0.1) is 5.56 Å². The van der Waals surface area contributed by atoms with Crippen LogP contribution in [0.2, 0.25) is 0 Å². The van der Waals surface area contributed by atoms with Crippen LogP contribution in [0, 0.1) is 0 Å². The fourth-order valence-electron chi connectivity index (χ4n) is 1.28. The third-order valence-electron chi connectivity index (χ3n) is 2.07. The Labute approximate surface area is 89.0 Å². The van der Waals surface area contributed by atoms with E-state index in [2.05, 4.69) is 0 Å². The van der Waals surface area contributed by atoms with E-state index in [9.17, 15) is 13.2 Å². The molecule has 0 aliphatic rings. The van der Waals surface area contributed by atoms with Crippen LogP contribution in [0.4, 0.5) is 13.2 Å². The van der Waals surface area contributed by atoms with E-state index in [1.165, 1.54) is 23.5 Å². The number of thiophene rings is 1. The summed E-state index contributed by atoms with van der Waals surface area (Å²) in [5.41, 5.74) is 1.15. The molecular formula is C11H7F3S. The lowest BCUT2D eigenvalue weighted by molar-refractivity contribution is -0.137. The molecule has 1 aromatic heterocycles. The second-order valence-corrected chi connectivity index (χ2v) is 3.87. The Kier molecular flexibility index (Phi) is 2.52. The molecule has 78 valence electrons. The number of hydrogen-bond donors (Lipinski definition) is 0. The standard InChI is InChI=1S/C11H7F3S/c12-11(13,14)10-3-1-8(2-4-10)9-5-6-15-7-9/h1-7H. The van der Waals surface area contributed by atoms with Crippen LogP contribution in [0.25, 0.3) is 11.1 Å². The molecule has 0 aliphatic carbocycles. The number of hydrogen-bond acceptors (Lipinski definition) is 1. The number of rotatable bonds is 1. The third-order valence-corrected chi connectivity index (χ3v) is 2.75. The van der Waals surface area contributed by atoms with Crippen molar-refractivity contribution in [2.45, 2.75) is 6.18 Å². The Morgan fingerprint density at radius 3 is 2.00 bits per heavy atom. The number of alkyl halides is 3. The highest BCUT2D eigenvalue weighted by molar-refractivity contribution is 7.08. The second kappa shape index (κ2) is 3.70. The van der Waals surface area contributed by atoms with Crippen LogP contribution in [0.15, 0.2) is 41.1 Å². The Hall–Kier alpha value is -1.29. The predicted octanol–water partition coefficient (Wildman–Crippen LogP) is 4.43. The van der Waals surface area contributed by atoms with Crippen LogP contribution in [0.5, 0.6) is 0 Å². The van der Waals surface area contributed by atoms with Gasteiger partial charge in [-0.3, -0.25) is 0 Å². The summed E-state index contributed by atoms with van der Waals surface area (Å²) >= 11 is 1.52. The highest BCUT2D eigenvalue weighted by Crippen LogP contribution is 2.31. The topological polar surface area (TPSA) is 0 Å². The van der Waals surface area contributed by atoms with Crippen LogP contribution in [0.1, 0.15) is 5.56 Å². The molecule has 4 heteroatoms. The molecule has 1 aromatic carbocycles. The summed E-state index contributed by atoms with van der Waals surface area (Å²) in [6.07, 6.45) is -4.26. The molecule has 0 saturated carbocycles. The zero-order chi connectivity index (χ0) is 10.9. The maximum Gasteiger partial charge on any atom is 0.416 e. The molecule has 0 N–H and O–H groups in total. The Morgan fingerprint density at radius 1 is 0.867 bits per heavy atom. The first-order valence-electron chi connectivity index (χ1n) is 4.27. The quantitative estimate of drug-likeness (QED) is 0.677. The smallest absolute Gasteiger partial charge is 0.166 e. The van der Waals surface area contributed by atoms with Gasteiger partial charge in [-0.05, 0) is 40.1 Å². The van der Waals surface area contributed by atoms with E-state index in [1.807, 2.05) is 16.8 Å². The van der Waals surface area contributed by atoms with Crippen molar-refractivity contribution >= 4 is 11.3 Å².